The molecular weight excluding hydrogens is 328 g/mol. The van der Waals surface area contributed by atoms with Crippen molar-refractivity contribution >= 4 is 27.4 Å². The number of rotatable bonds is 4. The van der Waals surface area contributed by atoms with E-state index in [0.717, 1.165) is 10.2 Å². The van der Waals surface area contributed by atoms with Crippen molar-refractivity contribution in [1.29, 1.82) is 5.26 Å². The maximum atomic E-state index is 12.5. The fraction of sp³-hybridized carbons (Fsp3) is 0.176. The van der Waals surface area contributed by atoms with Crippen molar-refractivity contribution in [3.63, 3.8) is 0 Å². The van der Waals surface area contributed by atoms with Crippen molar-refractivity contribution in [1.82, 2.24) is 0 Å². The van der Waals surface area contributed by atoms with Crippen LogP contribution in [0.3, 0.4) is 0 Å². The van der Waals surface area contributed by atoms with Gasteiger partial charge in [-0.25, -0.2) is 0 Å². The molecule has 4 heteroatoms. The molecule has 0 aliphatic rings. The number of ketones is 1. The zero-order chi connectivity index (χ0) is 15.4. The van der Waals surface area contributed by atoms with Gasteiger partial charge in [-0.15, -0.1) is 0 Å². The highest BCUT2D eigenvalue weighted by Crippen LogP contribution is 2.19. The molecule has 1 unspecified atom stereocenters. The molecule has 0 spiro atoms. The highest BCUT2D eigenvalue weighted by Gasteiger charge is 2.19. The maximum Gasteiger partial charge on any atom is 0.184 e. The lowest BCUT2D eigenvalue weighted by molar-refractivity contribution is 0.0966. The average molecular weight is 343 g/mol. The van der Waals surface area contributed by atoms with Crippen molar-refractivity contribution in [3.8, 4) is 6.07 Å². The first-order valence-electron chi connectivity index (χ1n) is 6.55. The van der Waals surface area contributed by atoms with E-state index in [9.17, 15) is 4.79 Å². The Balaban J connectivity index is 2.17. The van der Waals surface area contributed by atoms with E-state index in [2.05, 4.69) is 22.0 Å². The van der Waals surface area contributed by atoms with E-state index >= 15 is 0 Å². The molecule has 0 saturated heterocycles. The molecule has 0 amide bonds. The molecule has 0 fully saturated rings. The van der Waals surface area contributed by atoms with Crippen molar-refractivity contribution in [2.24, 2.45) is 0 Å². The molecule has 0 aromatic heterocycles. The minimum atomic E-state index is -0.279. The Hall–Kier alpha value is -2.12. The first-order valence-corrected chi connectivity index (χ1v) is 7.35. The third-order valence-corrected chi connectivity index (χ3v) is 4.02. The van der Waals surface area contributed by atoms with E-state index in [4.69, 9.17) is 5.26 Å². The molecule has 106 valence electrons. The average Bonchev–Trinajstić information content (AvgIpc) is 2.53. The van der Waals surface area contributed by atoms with Gasteiger partial charge in [0.05, 0.1) is 17.7 Å². The smallest absolute Gasteiger partial charge is 0.184 e. The molecule has 0 N–H and O–H groups in total. The van der Waals surface area contributed by atoms with Crippen LogP contribution in [0.4, 0.5) is 5.69 Å². The van der Waals surface area contributed by atoms with E-state index in [0.29, 0.717) is 11.1 Å². The van der Waals surface area contributed by atoms with E-state index in [-0.39, 0.29) is 11.8 Å². The Bertz CT molecular complexity index is 671. The number of likely N-dealkylation sites (N-methyl/N-ethyl adjacent to an activating group) is 1. The predicted octanol–water partition coefficient (Wildman–Crippen LogP) is 4.03. The van der Waals surface area contributed by atoms with Gasteiger partial charge < -0.3 is 4.90 Å². The topological polar surface area (TPSA) is 44.1 Å². The molecule has 2 rings (SSSR count). The Labute approximate surface area is 132 Å². The number of anilines is 1. The Kier molecular flexibility index (Phi) is 4.77. The summed E-state index contributed by atoms with van der Waals surface area (Å²) in [5.74, 6) is 0.0642. The van der Waals surface area contributed by atoms with Crippen molar-refractivity contribution in [2.75, 3.05) is 11.9 Å². The summed E-state index contributed by atoms with van der Waals surface area (Å²) < 4.78 is 0.951. The molecule has 0 radical (unpaired) electrons. The highest BCUT2D eigenvalue weighted by atomic mass is 79.9. The first kappa shape index (κ1) is 15.3. The van der Waals surface area contributed by atoms with Gasteiger partial charge in [0.25, 0.3) is 0 Å². The van der Waals surface area contributed by atoms with Crippen molar-refractivity contribution in [3.05, 3.63) is 64.1 Å². The molecule has 3 nitrogen and oxygen atoms in total. The van der Waals surface area contributed by atoms with Crippen LogP contribution in [0.5, 0.6) is 0 Å². The second-order valence-corrected chi connectivity index (χ2v) is 5.73. The Morgan fingerprint density at radius 1 is 1.14 bits per heavy atom. The summed E-state index contributed by atoms with van der Waals surface area (Å²) in [5.41, 5.74) is 2.21. The fourth-order valence-electron chi connectivity index (χ4n) is 2.03. The van der Waals surface area contributed by atoms with Gasteiger partial charge in [-0.1, -0.05) is 28.1 Å². The molecular formula is C17H15BrN2O. The molecule has 2 aromatic carbocycles. The summed E-state index contributed by atoms with van der Waals surface area (Å²) in [7, 11) is 1.88. The number of hydrogen-bond donors (Lipinski definition) is 0. The third kappa shape index (κ3) is 3.50. The SMILES string of the molecule is CC(C(=O)c1ccc(Br)cc1)N(C)c1ccc(C#N)cc1. The maximum absolute atomic E-state index is 12.5. The second kappa shape index (κ2) is 6.55. The van der Waals surface area contributed by atoms with Gasteiger partial charge in [0.1, 0.15) is 0 Å². The number of benzene rings is 2. The van der Waals surface area contributed by atoms with Gasteiger partial charge in [0.15, 0.2) is 5.78 Å². The largest absolute Gasteiger partial charge is 0.364 e. The number of nitriles is 1. The van der Waals surface area contributed by atoms with Crippen LogP contribution in [-0.2, 0) is 0 Å². The first-order chi connectivity index (χ1) is 10.0. The summed E-state index contributed by atoms with van der Waals surface area (Å²) in [4.78, 5) is 14.4. The van der Waals surface area contributed by atoms with Gasteiger partial charge in [-0.2, -0.15) is 5.26 Å². The van der Waals surface area contributed by atoms with Crippen LogP contribution in [0.15, 0.2) is 53.0 Å². The van der Waals surface area contributed by atoms with Crippen LogP contribution >= 0.6 is 15.9 Å². The molecule has 0 heterocycles. The van der Waals surface area contributed by atoms with Crippen molar-refractivity contribution in [2.45, 2.75) is 13.0 Å². The summed E-state index contributed by atoms with van der Waals surface area (Å²) >= 11 is 3.36. The normalized spacial score (nSPS) is 11.5. The minimum Gasteiger partial charge on any atom is -0.364 e. The van der Waals surface area contributed by atoms with E-state index < -0.39 is 0 Å². The monoisotopic (exact) mass is 342 g/mol. The summed E-state index contributed by atoms with van der Waals surface area (Å²) in [6.07, 6.45) is 0. The van der Waals surface area contributed by atoms with Gasteiger partial charge in [0, 0.05) is 22.8 Å². The van der Waals surface area contributed by atoms with Gasteiger partial charge in [0.2, 0.25) is 0 Å². The standard InChI is InChI=1S/C17H15BrN2O/c1-12(17(21)14-5-7-15(18)8-6-14)20(2)16-9-3-13(11-19)4-10-16/h3-10,12H,1-2H3. The number of carbonyl (C=O) groups is 1. The number of halogens is 1. The van der Waals surface area contributed by atoms with Gasteiger partial charge >= 0.3 is 0 Å². The van der Waals surface area contributed by atoms with Gasteiger partial charge in [-0.05, 0) is 43.3 Å². The molecule has 21 heavy (non-hydrogen) atoms. The minimum absolute atomic E-state index is 0.0642. The van der Waals surface area contributed by atoms with Gasteiger partial charge in [-0.3, -0.25) is 4.79 Å². The number of carbonyl (C=O) groups excluding carboxylic acids is 1. The van der Waals surface area contributed by atoms with Crippen molar-refractivity contribution < 1.29 is 4.79 Å². The second-order valence-electron chi connectivity index (χ2n) is 4.82. The Morgan fingerprint density at radius 2 is 1.71 bits per heavy atom. The zero-order valence-electron chi connectivity index (χ0n) is 11.9. The number of nitrogens with zero attached hydrogens (tertiary/aromatic N) is 2. The summed E-state index contributed by atoms with van der Waals surface area (Å²) in [6, 6.07) is 16.4. The van der Waals surface area contributed by atoms with E-state index in [1.165, 1.54) is 0 Å². The lowest BCUT2D eigenvalue weighted by atomic mass is 10.0. The summed E-state index contributed by atoms with van der Waals surface area (Å²) in [5, 5.41) is 8.81. The van der Waals surface area contributed by atoms with Crippen LogP contribution in [-0.4, -0.2) is 18.9 Å². The Morgan fingerprint density at radius 3 is 2.24 bits per heavy atom. The lowest BCUT2D eigenvalue weighted by Crippen LogP contribution is -2.36. The third-order valence-electron chi connectivity index (χ3n) is 3.49. The molecule has 0 aliphatic carbocycles. The summed E-state index contributed by atoms with van der Waals surface area (Å²) in [6.45, 7) is 1.88. The molecule has 0 saturated carbocycles. The number of Topliss-reactive ketones (excluding diaryl/α,β-unsaturated/α-hetero) is 1. The lowest BCUT2D eigenvalue weighted by Gasteiger charge is -2.26. The van der Waals surface area contributed by atoms with Crippen LogP contribution in [0.25, 0.3) is 0 Å². The highest BCUT2D eigenvalue weighted by molar-refractivity contribution is 9.10. The van der Waals surface area contributed by atoms with E-state index in [1.54, 1.807) is 12.1 Å². The number of hydrogen-bond acceptors (Lipinski definition) is 3. The van der Waals surface area contributed by atoms with Crippen LogP contribution in [0.1, 0.15) is 22.8 Å². The van der Waals surface area contributed by atoms with Crippen LogP contribution < -0.4 is 4.90 Å². The molecule has 2 aromatic rings. The zero-order valence-corrected chi connectivity index (χ0v) is 13.5. The molecule has 0 aliphatic heterocycles. The van der Waals surface area contributed by atoms with E-state index in [1.807, 2.05) is 55.3 Å². The quantitative estimate of drug-likeness (QED) is 0.788. The molecule has 1 atom stereocenters. The van der Waals surface area contributed by atoms with Crippen LogP contribution in [0, 0.1) is 11.3 Å². The molecule has 0 bridgehead atoms. The fourth-order valence-corrected chi connectivity index (χ4v) is 2.29. The van der Waals surface area contributed by atoms with Crippen LogP contribution in [0.2, 0.25) is 0 Å². The predicted molar refractivity (Wildman–Crippen MR) is 87.5 cm³/mol.